The van der Waals surface area contributed by atoms with Crippen LogP contribution in [0, 0.1) is 0 Å². The number of benzene rings is 2. The molecule has 0 N–H and O–H groups in total. The Labute approximate surface area is 186 Å². The van der Waals surface area contributed by atoms with Crippen molar-refractivity contribution >= 4 is 34.5 Å². The molecule has 0 saturated carbocycles. The molecule has 0 saturated heterocycles. The molecule has 0 bridgehead atoms. The minimum Gasteiger partial charge on any atom is -0.294 e. The van der Waals surface area contributed by atoms with Crippen LogP contribution in [0.2, 0.25) is 10.0 Å². The van der Waals surface area contributed by atoms with Crippen molar-refractivity contribution in [1.29, 1.82) is 0 Å². The second-order valence-corrected chi connectivity index (χ2v) is 10.0. The van der Waals surface area contributed by atoms with Crippen molar-refractivity contribution in [2.24, 2.45) is 0 Å². The van der Waals surface area contributed by atoms with Crippen molar-refractivity contribution in [2.45, 2.75) is 39.0 Å². The number of halogens is 2. The summed E-state index contributed by atoms with van der Waals surface area (Å²) in [6.07, 6.45) is 2.31. The Morgan fingerprint density at radius 3 is 1.59 bits per heavy atom. The highest BCUT2D eigenvalue weighted by Gasteiger charge is 2.28. The van der Waals surface area contributed by atoms with E-state index in [9.17, 15) is 0 Å². The minimum absolute atomic E-state index is 0.872. The lowest BCUT2D eigenvalue weighted by Crippen LogP contribution is -2.32. The van der Waals surface area contributed by atoms with E-state index in [-0.39, 0.29) is 0 Å². The third-order valence-corrected chi connectivity index (χ3v) is 8.19. The van der Waals surface area contributed by atoms with Gasteiger partial charge in [0.2, 0.25) is 0 Å². The lowest BCUT2D eigenvalue weighted by Gasteiger charge is -2.31. The third-order valence-electron chi connectivity index (χ3n) is 6.06. The fourth-order valence-corrected chi connectivity index (χ4v) is 6.21. The van der Waals surface area contributed by atoms with E-state index in [1.807, 2.05) is 24.3 Å². The van der Waals surface area contributed by atoms with Crippen molar-refractivity contribution in [3.63, 3.8) is 0 Å². The maximum atomic E-state index is 6.40. The van der Waals surface area contributed by atoms with Gasteiger partial charge in [-0.25, -0.2) is 0 Å². The molecular formula is C24H24Cl2N2S. The molecule has 0 unspecified atom stereocenters. The van der Waals surface area contributed by atoms with Gasteiger partial charge >= 0.3 is 0 Å². The molecule has 29 heavy (non-hydrogen) atoms. The molecule has 2 aromatic carbocycles. The van der Waals surface area contributed by atoms with E-state index in [0.717, 1.165) is 62.2 Å². The van der Waals surface area contributed by atoms with Crippen LogP contribution < -0.4 is 0 Å². The van der Waals surface area contributed by atoms with Gasteiger partial charge in [0.25, 0.3) is 0 Å². The Kier molecular flexibility index (Phi) is 5.68. The van der Waals surface area contributed by atoms with Crippen LogP contribution in [-0.2, 0) is 39.0 Å². The van der Waals surface area contributed by atoms with Crippen LogP contribution in [0.25, 0.3) is 0 Å². The van der Waals surface area contributed by atoms with Crippen molar-refractivity contribution < 1.29 is 0 Å². The van der Waals surface area contributed by atoms with Gasteiger partial charge in [-0.3, -0.25) is 9.80 Å². The van der Waals surface area contributed by atoms with E-state index in [1.54, 1.807) is 20.9 Å². The third kappa shape index (κ3) is 4.12. The fraction of sp³-hybridized carbons (Fsp3) is 0.333. The first-order valence-electron chi connectivity index (χ1n) is 10.2. The van der Waals surface area contributed by atoms with Crippen LogP contribution >= 0.6 is 34.5 Å². The fourth-order valence-electron chi connectivity index (χ4n) is 4.51. The molecule has 0 fully saturated rings. The van der Waals surface area contributed by atoms with Gasteiger partial charge < -0.3 is 0 Å². The van der Waals surface area contributed by atoms with Crippen LogP contribution in [0.1, 0.15) is 32.0 Å². The molecule has 0 amide bonds. The standard InChI is InChI=1S/C24H24Cl2N2S/c25-21-7-3-1-5-17(21)13-27-11-9-23-19(15-27)20-16-28(12-10-24(20)29-23)14-18-6-2-4-8-22(18)26/h1-8H,9-16H2. The molecule has 0 spiro atoms. The van der Waals surface area contributed by atoms with Gasteiger partial charge in [0.1, 0.15) is 0 Å². The normalized spacial score (nSPS) is 17.2. The zero-order chi connectivity index (χ0) is 19.8. The first-order valence-corrected chi connectivity index (χ1v) is 11.8. The maximum Gasteiger partial charge on any atom is 0.0451 e. The summed E-state index contributed by atoms with van der Waals surface area (Å²) in [4.78, 5) is 8.29. The zero-order valence-electron chi connectivity index (χ0n) is 16.3. The predicted octanol–water partition coefficient (Wildman–Crippen LogP) is 6.17. The Morgan fingerprint density at radius 2 is 1.14 bits per heavy atom. The Hall–Kier alpha value is -1.36. The largest absolute Gasteiger partial charge is 0.294 e. The number of nitrogens with zero attached hydrogens (tertiary/aromatic N) is 2. The van der Waals surface area contributed by atoms with Crippen LogP contribution in [0.5, 0.6) is 0 Å². The van der Waals surface area contributed by atoms with Gasteiger partial charge in [0, 0.05) is 59.1 Å². The second-order valence-electron chi connectivity index (χ2n) is 8.01. The summed E-state index contributed by atoms with van der Waals surface area (Å²) in [5.41, 5.74) is 5.60. The summed E-state index contributed by atoms with van der Waals surface area (Å²) in [5.74, 6) is 0. The lowest BCUT2D eigenvalue weighted by atomic mass is 9.98. The quantitative estimate of drug-likeness (QED) is 0.476. The summed E-state index contributed by atoms with van der Waals surface area (Å²) < 4.78 is 0. The molecule has 5 rings (SSSR count). The molecule has 1 aromatic heterocycles. The van der Waals surface area contributed by atoms with E-state index >= 15 is 0 Å². The minimum atomic E-state index is 0.872. The number of fused-ring (bicyclic) bond motifs is 3. The van der Waals surface area contributed by atoms with Gasteiger partial charge in [-0.15, -0.1) is 11.3 Å². The van der Waals surface area contributed by atoms with Crippen molar-refractivity contribution in [1.82, 2.24) is 9.80 Å². The zero-order valence-corrected chi connectivity index (χ0v) is 18.7. The van der Waals surface area contributed by atoms with E-state index in [0.29, 0.717) is 0 Å². The highest BCUT2D eigenvalue weighted by Crippen LogP contribution is 2.37. The molecule has 0 radical (unpaired) electrons. The van der Waals surface area contributed by atoms with Crippen molar-refractivity contribution in [3.05, 3.63) is 90.6 Å². The summed E-state index contributed by atoms with van der Waals surface area (Å²) in [6.45, 7) is 6.14. The van der Waals surface area contributed by atoms with Crippen LogP contribution in [-0.4, -0.2) is 22.9 Å². The second kappa shape index (κ2) is 8.41. The molecular weight excluding hydrogens is 419 g/mol. The smallest absolute Gasteiger partial charge is 0.0451 e. The van der Waals surface area contributed by atoms with Gasteiger partial charge in [-0.2, -0.15) is 0 Å². The van der Waals surface area contributed by atoms with E-state index < -0.39 is 0 Å². The average molecular weight is 443 g/mol. The predicted molar refractivity (Wildman–Crippen MR) is 123 cm³/mol. The molecule has 2 aliphatic rings. The van der Waals surface area contributed by atoms with E-state index in [2.05, 4.69) is 45.4 Å². The number of hydrogen-bond acceptors (Lipinski definition) is 3. The van der Waals surface area contributed by atoms with Gasteiger partial charge in [-0.05, 0) is 47.2 Å². The molecule has 0 aliphatic carbocycles. The molecule has 150 valence electrons. The maximum absolute atomic E-state index is 6.40. The first-order chi connectivity index (χ1) is 14.2. The molecule has 3 aromatic rings. The molecule has 0 atom stereocenters. The van der Waals surface area contributed by atoms with Gasteiger partial charge in [-0.1, -0.05) is 59.6 Å². The summed E-state index contributed by atoms with van der Waals surface area (Å²) in [7, 11) is 0. The topological polar surface area (TPSA) is 6.48 Å². The van der Waals surface area contributed by atoms with E-state index in [4.69, 9.17) is 23.2 Å². The Morgan fingerprint density at radius 1 is 0.690 bits per heavy atom. The average Bonchev–Trinajstić information content (AvgIpc) is 3.09. The lowest BCUT2D eigenvalue weighted by molar-refractivity contribution is 0.231. The number of hydrogen-bond donors (Lipinski definition) is 0. The van der Waals surface area contributed by atoms with Crippen molar-refractivity contribution in [2.75, 3.05) is 13.1 Å². The molecule has 5 heteroatoms. The molecule has 3 heterocycles. The molecule has 2 aliphatic heterocycles. The van der Waals surface area contributed by atoms with Gasteiger partial charge in [0.05, 0.1) is 0 Å². The highest BCUT2D eigenvalue weighted by molar-refractivity contribution is 7.12. The van der Waals surface area contributed by atoms with E-state index in [1.165, 1.54) is 11.1 Å². The first kappa shape index (κ1) is 19.6. The highest BCUT2D eigenvalue weighted by atomic mass is 35.5. The number of rotatable bonds is 4. The van der Waals surface area contributed by atoms with Crippen molar-refractivity contribution in [3.8, 4) is 0 Å². The van der Waals surface area contributed by atoms with Crippen LogP contribution in [0.3, 0.4) is 0 Å². The monoisotopic (exact) mass is 442 g/mol. The summed E-state index contributed by atoms with van der Waals surface area (Å²) >= 11 is 14.9. The Bertz CT molecular complexity index is 949. The number of thiophene rings is 1. The Balaban J connectivity index is 1.33. The summed E-state index contributed by atoms with van der Waals surface area (Å²) in [6, 6.07) is 16.4. The summed E-state index contributed by atoms with van der Waals surface area (Å²) in [5, 5.41) is 1.74. The van der Waals surface area contributed by atoms with Crippen LogP contribution in [0.15, 0.2) is 48.5 Å². The molecule has 2 nitrogen and oxygen atoms in total. The van der Waals surface area contributed by atoms with Gasteiger partial charge in [0.15, 0.2) is 0 Å². The SMILES string of the molecule is Clc1ccccc1CN1CCc2sc3c(c2C1)CN(Cc1ccccc1Cl)CC3. The van der Waals surface area contributed by atoms with Crippen LogP contribution in [0.4, 0.5) is 0 Å².